The van der Waals surface area contributed by atoms with E-state index in [4.69, 9.17) is 10.5 Å². The molecule has 0 spiro atoms. The first-order valence-electron chi connectivity index (χ1n) is 6.45. The SMILES string of the molecule is COC(=O)c1c(N)cccc1CN1CCN(C)C(=O)C1=O. The fourth-order valence-corrected chi connectivity index (χ4v) is 2.23. The molecule has 1 fully saturated rings. The van der Waals surface area contributed by atoms with E-state index >= 15 is 0 Å². The van der Waals surface area contributed by atoms with Crippen LogP contribution in [0.25, 0.3) is 0 Å². The van der Waals surface area contributed by atoms with E-state index in [1.807, 2.05) is 0 Å². The Morgan fingerprint density at radius 2 is 2.00 bits per heavy atom. The molecule has 7 nitrogen and oxygen atoms in total. The summed E-state index contributed by atoms with van der Waals surface area (Å²) in [5.41, 5.74) is 6.89. The quantitative estimate of drug-likeness (QED) is 0.475. The first-order valence-corrected chi connectivity index (χ1v) is 6.45. The van der Waals surface area contributed by atoms with Gasteiger partial charge in [0.1, 0.15) is 0 Å². The number of anilines is 1. The van der Waals surface area contributed by atoms with Crippen molar-refractivity contribution in [1.82, 2.24) is 9.80 Å². The third-order valence-corrected chi connectivity index (χ3v) is 3.46. The van der Waals surface area contributed by atoms with Crippen molar-refractivity contribution in [2.75, 3.05) is 33.0 Å². The summed E-state index contributed by atoms with van der Waals surface area (Å²) < 4.78 is 4.71. The molecule has 1 aromatic rings. The van der Waals surface area contributed by atoms with Gasteiger partial charge in [-0.3, -0.25) is 9.59 Å². The number of carbonyl (C=O) groups excluding carboxylic acids is 3. The zero-order valence-electron chi connectivity index (χ0n) is 12.0. The maximum absolute atomic E-state index is 12.0. The second-order valence-corrected chi connectivity index (χ2v) is 4.83. The van der Waals surface area contributed by atoms with Gasteiger partial charge in [-0.1, -0.05) is 12.1 Å². The van der Waals surface area contributed by atoms with Gasteiger partial charge in [0, 0.05) is 32.4 Å². The van der Waals surface area contributed by atoms with Crippen molar-refractivity contribution in [2.24, 2.45) is 0 Å². The summed E-state index contributed by atoms with van der Waals surface area (Å²) in [4.78, 5) is 38.2. The lowest BCUT2D eigenvalue weighted by Gasteiger charge is -2.31. The van der Waals surface area contributed by atoms with Crippen molar-refractivity contribution in [3.63, 3.8) is 0 Å². The van der Waals surface area contributed by atoms with Crippen molar-refractivity contribution in [3.8, 4) is 0 Å². The van der Waals surface area contributed by atoms with Crippen molar-refractivity contribution < 1.29 is 19.1 Å². The lowest BCUT2D eigenvalue weighted by molar-refractivity contribution is -0.155. The molecule has 0 saturated carbocycles. The molecule has 2 N–H and O–H groups in total. The number of hydrogen-bond acceptors (Lipinski definition) is 5. The Balaban J connectivity index is 2.28. The molecule has 0 atom stereocenters. The summed E-state index contributed by atoms with van der Waals surface area (Å²) in [6.45, 7) is 1.02. The smallest absolute Gasteiger partial charge is 0.340 e. The van der Waals surface area contributed by atoms with Crippen molar-refractivity contribution in [3.05, 3.63) is 29.3 Å². The van der Waals surface area contributed by atoms with E-state index in [-0.39, 0.29) is 17.8 Å². The van der Waals surface area contributed by atoms with Gasteiger partial charge in [-0.25, -0.2) is 4.79 Å². The van der Waals surface area contributed by atoms with Crippen LogP contribution in [-0.4, -0.2) is 54.8 Å². The number of rotatable bonds is 3. The largest absolute Gasteiger partial charge is 0.465 e. The summed E-state index contributed by atoms with van der Waals surface area (Å²) in [5, 5.41) is 0. The predicted octanol–water partition coefficient (Wildman–Crippen LogP) is -0.144. The minimum atomic E-state index is -0.581. The second-order valence-electron chi connectivity index (χ2n) is 4.83. The highest BCUT2D eigenvalue weighted by Gasteiger charge is 2.31. The Morgan fingerprint density at radius 1 is 1.29 bits per heavy atom. The van der Waals surface area contributed by atoms with Gasteiger partial charge in [0.25, 0.3) is 0 Å². The number of methoxy groups -OCH3 is 1. The van der Waals surface area contributed by atoms with E-state index in [9.17, 15) is 14.4 Å². The maximum atomic E-state index is 12.0. The molecular formula is C14H17N3O4. The van der Waals surface area contributed by atoms with Gasteiger partial charge < -0.3 is 20.3 Å². The third-order valence-electron chi connectivity index (χ3n) is 3.46. The zero-order valence-corrected chi connectivity index (χ0v) is 12.0. The second kappa shape index (κ2) is 5.82. The molecule has 1 heterocycles. The molecule has 1 aliphatic heterocycles. The van der Waals surface area contributed by atoms with Gasteiger partial charge >= 0.3 is 17.8 Å². The number of carbonyl (C=O) groups is 3. The number of nitrogens with two attached hydrogens (primary N) is 1. The first-order chi connectivity index (χ1) is 9.95. The highest BCUT2D eigenvalue weighted by molar-refractivity contribution is 6.35. The standard InChI is InChI=1S/C14H17N3O4/c1-16-6-7-17(13(19)12(16)18)8-9-4-3-5-10(15)11(9)14(20)21-2/h3-5H,6-8,15H2,1-2H3. The molecule has 1 aliphatic rings. The van der Waals surface area contributed by atoms with Gasteiger partial charge in [0.05, 0.1) is 12.7 Å². The molecule has 1 saturated heterocycles. The number of hydrogen-bond donors (Lipinski definition) is 1. The molecule has 0 aliphatic carbocycles. The molecule has 0 aromatic heterocycles. The molecular weight excluding hydrogens is 274 g/mol. The molecule has 2 amide bonds. The van der Waals surface area contributed by atoms with Crippen LogP contribution < -0.4 is 5.73 Å². The van der Waals surface area contributed by atoms with E-state index in [1.165, 1.54) is 16.9 Å². The van der Waals surface area contributed by atoms with Crippen molar-refractivity contribution >= 4 is 23.5 Å². The number of ether oxygens (including phenoxy) is 1. The maximum Gasteiger partial charge on any atom is 0.340 e. The van der Waals surface area contributed by atoms with Crippen LogP contribution >= 0.6 is 0 Å². The summed E-state index contributed by atoms with van der Waals surface area (Å²) in [6.07, 6.45) is 0. The number of piperazine rings is 1. The van der Waals surface area contributed by atoms with Crippen LogP contribution in [0.1, 0.15) is 15.9 Å². The van der Waals surface area contributed by atoms with E-state index in [2.05, 4.69) is 0 Å². The number of nitrogens with zero attached hydrogens (tertiary/aromatic N) is 2. The van der Waals surface area contributed by atoms with Gasteiger partial charge in [-0.05, 0) is 11.6 Å². The number of esters is 1. The van der Waals surface area contributed by atoms with Gasteiger partial charge in [0.2, 0.25) is 0 Å². The van der Waals surface area contributed by atoms with Crippen LogP contribution in [0.5, 0.6) is 0 Å². The number of amides is 2. The molecule has 0 unspecified atom stereocenters. The number of nitrogen functional groups attached to an aromatic ring is 1. The van der Waals surface area contributed by atoms with E-state index in [0.29, 0.717) is 18.7 Å². The van der Waals surface area contributed by atoms with Crippen molar-refractivity contribution in [1.29, 1.82) is 0 Å². The lowest BCUT2D eigenvalue weighted by Crippen LogP contribution is -2.52. The average molecular weight is 291 g/mol. The van der Waals surface area contributed by atoms with Gasteiger partial charge in [-0.2, -0.15) is 0 Å². The monoisotopic (exact) mass is 291 g/mol. The Bertz CT molecular complexity index is 600. The van der Waals surface area contributed by atoms with Crippen molar-refractivity contribution in [2.45, 2.75) is 6.54 Å². The summed E-state index contributed by atoms with van der Waals surface area (Å²) in [7, 11) is 2.85. The Hall–Kier alpha value is -2.57. The fraction of sp³-hybridized carbons (Fsp3) is 0.357. The Labute approximate surface area is 122 Å². The minimum Gasteiger partial charge on any atom is -0.465 e. The van der Waals surface area contributed by atoms with E-state index in [1.54, 1.807) is 25.2 Å². The number of benzene rings is 1. The summed E-state index contributed by atoms with van der Waals surface area (Å²) in [6, 6.07) is 4.98. The predicted molar refractivity (Wildman–Crippen MR) is 75.2 cm³/mol. The van der Waals surface area contributed by atoms with Crippen LogP contribution in [-0.2, 0) is 20.9 Å². The third kappa shape index (κ3) is 2.81. The molecule has 2 rings (SSSR count). The van der Waals surface area contributed by atoms with E-state index in [0.717, 1.165) is 0 Å². The Morgan fingerprint density at radius 3 is 2.67 bits per heavy atom. The molecule has 21 heavy (non-hydrogen) atoms. The van der Waals surface area contributed by atoms with Crippen LogP contribution in [0, 0.1) is 0 Å². The molecule has 7 heteroatoms. The van der Waals surface area contributed by atoms with Crippen LogP contribution in [0.15, 0.2) is 18.2 Å². The molecule has 112 valence electrons. The number of likely N-dealkylation sites (N-methyl/N-ethyl adjacent to an activating group) is 1. The highest BCUT2D eigenvalue weighted by Crippen LogP contribution is 2.20. The normalized spacial score (nSPS) is 15.3. The van der Waals surface area contributed by atoms with E-state index < -0.39 is 17.8 Å². The first kappa shape index (κ1) is 14.8. The lowest BCUT2D eigenvalue weighted by atomic mass is 10.0. The average Bonchev–Trinajstić information content (AvgIpc) is 2.47. The fourth-order valence-electron chi connectivity index (χ4n) is 2.23. The van der Waals surface area contributed by atoms with Crippen LogP contribution in [0.2, 0.25) is 0 Å². The molecule has 1 aromatic carbocycles. The molecule has 0 bridgehead atoms. The topological polar surface area (TPSA) is 92.9 Å². The van der Waals surface area contributed by atoms with Gasteiger partial charge in [0.15, 0.2) is 0 Å². The summed E-state index contributed by atoms with van der Waals surface area (Å²) in [5.74, 6) is -1.69. The molecule has 0 radical (unpaired) electrons. The van der Waals surface area contributed by atoms with Crippen LogP contribution in [0.3, 0.4) is 0 Å². The van der Waals surface area contributed by atoms with Crippen LogP contribution in [0.4, 0.5) is 5.69 Å². The zero-order chi connectivity index (χ0) is 15.6. The minimum absolute atomic E-state index is 0.147. The Kier molecular flexibility index (Phi) is 4.11. The van der Waals surface area contributed by atoms with Gasteiger partial charge in [-0.15, -0.1) is 0 Å². The summed E-state index contributed by atoms with van der Waals surface area (Å²) >= 11 is 0. The highest BCUT2D eigenvalue weighted by atomic mass is 16.5.